The lowest BCUT2D eigenvalue weighted by molar-refractivity contribution is 0.248. The molecule has 0 unspecified atom stereocenters. The Morgan fingerprint density at radius 1 is 0.917 bits per heavy atom. The van der Waals surface area contributed by atoms with Crippen LogP contribution in [0.1, 0.15) is 32.0 Å². The molecule has 2 heterocycles. The second-order valence-corrected chi connectivity index (χ2v) is 9.39. The molecular formula is C27H37Cl2N5O2. The molecule has 7 nitrogen and oxygen atoms in total. The van der Waals surface area contributed by atoms with E-state index in [2.05, 4.69) is 27.9 Å². The van der Waals surface area contributed by atoms with E-state index in [4.69, 9.17) is 16.3 Å². The standard InChI is InChI=1S/C27H36ClN5O2.ClH/c1-2-26-29-33(27(34)32(26)15-6-7-21-35-25-12-4-3-5-13-25)16-9-14-30-17-19-31(20-18-30)24-11-8-10-23(28)22-24;/h3-5,8,10-13,22H,2,6-7,9,14-21H2,1H3;1H. The molecule has 4 rings (SSSR count). The number of ether oxygens (including phenoxy) is 1. The van der Waals surface area contributed by atoms with Crippen molar-refractivity contribution in [2.75, 3.05) is 44.2 Å². The minimum absolute atomic E-state index is 0. The van der Waals surface area contributed by atoms with Gasteiger partial charge in [0.05, 0.1) is 6.61 Å². The molecule has 2 aromatic carbocycles. The first-order valence-corrected chi connectivity index (χ1v) is 13.1. The highest BCUT2D eigenvalue weighted by Gasteiger charge is 2.18. The number of aryl methyl sites for hydroxylation is 2. The molecule has 0 amide bonds. The van der Waals surface area contributed by atoms with Gasteiger partial charge in [-0.25, -0.2) is 9.48 Å². The molecular weight excluding hydrogens is 497 g/mol. The molecule has 0 saturated carbocycles. The van der Waals surface area contributed by atoms with Gasteiger partial charge in [-0.15, -0.1) is 12.4 Å². The minimum atomic E-state index is 0. The fourth-order valence-corrected chi connectivity index (χ4v) is 4.73. The molecule has 0 bridgehead atoms. The number of para-hydroxylation sites is 1. The van der Waals surface area contributed by atoms with Gasteiger partial charge in [-0.05, 0) is 49.6 Å². The van der Waals surface area contributed by atoms with E-state index in [0.29, 0.717) is 19.7 Å². The second-order valence-electron chi connectivity index (χ2n) is 8.96. The number of hydrogen-bond donors (Lipinski definition) is 0. The number of piperazine rings is 1. The van der Waals surface area contributed by atoms with E-state index in [0.717, 1.165) is 75.0 Å². The molecule has 1 aromatic heterocycles. The molecule has 0 aliphatic carbocycles. The SMILES string of the molecule is CCc1nn(CCCN2CCN(c3cccc(Cl)c3)CC2)c(=O)n1CCCCOc1ccccc1.Cl. The van der Waals surface area contributed by atoms with Crippen LogP contribution in [0.3, 0.4) is 0 Å². The van der Waals surface area contributed by atoms with E-state index in [-0.39, 0.29) is 18.1 Å². The summed E-state index contributed by atoms with van der Waals surface area (Å²) in [7, 11) is 0. The fraction of sp³-hybridized carbons (Fsp3) is 0.481. The third-order valence-corrected chi connectivity index (χ3v) is 6.73. The van der Waals surface area contributed by atoms with E-state index in [1.54, 1.807) is 4.68 Å². The highest BCUT2D eigenvalue weighted by atomic mass is 35.5. The zero-order valence-electron chi connectivity index (χ0n) is 21.0. The van der Waals surface area contributed by atoms with Crippen LogP contribution in [-0.2, 0) is 19.5 Å². The zero-order valence-corrected chi connectivity index (χ0v) is 22.6. The molecule has 1 aliphatic rings. The maximum absolute atomic E-state index is 12.9. The maximum atomic E-state index is 12.9. The average molecular weight is 535 g/mol. The fourth-order valence-electron chi connectivity index (χ4n) is 4.54. The number of hydrogen-bond acceptors (Lipinski definition) is 5. The van der Waals surface area contributed by atoms with Crippen molar-refractivity contribution in [1.29, 1.82) is 0 Å². The molecule has 0 spiro atoms. The van der Waals surface area contributed by atoms with Gasteiger partial charge < -0.3 is 9.64 Å². The van der Waals surface area contributed by atoms with E-state index >= 15 is 0 Å². The van der Waals surface area contributed by atoms with Crippen LogP contribution in [-0.4, -0.2) is 58.6 Å². The highest BCUT2D eigenvalue weighted by Crippen LogP contribution is 2.20. The van der Waals surface area contributed by atoms with E-state index in [1.807, 2.05) is 53.1 Å². The largest absolute Gasteiger partial charge is 0.494 e. The van der Waals surface area contributed by atoms with Crippen LogP contribution in [0.15, 0.2) is 59.4 Å². The Balaban J connectivity index is 0.00000361. The van der Waals surface area contributed by atoms with Crippen molar-refractivity contribution < 1.29 is 4.74 Å². The summed E-state index contributed by atoms with van der Waals surface area (Å²) < 4.78 is 9.26. The minimum Gasteiger partial charge on any atom is -0.494 e. The number of benzene rings is 2. The number of halogens is 2. The summed E-state index contributed by atoms with van der Waals surface area (Å²) in [4.78, 5) is 17.8. The topological polar surface area (TPSA) is 55.5 Å². The molecule has 1 fully saturated rings. The van der Waals surface area contributed by atoms with Crippen LogP contribution in [0, 0.1) is 0 Å². The van der Waals surface area contributed by atoms with Crippen LogP contribution in [0.25, 0.3) is 0 Å². The quantitative estimate of drug-likeness (QED) is 0.314. The number of nitrogens with zero attached hydrogens (tertiary/aromatic N) is 5. The number of anilines is 1. The van der Waals surface area contributed by atoms with Crippen molar-refractivity contribution in [3.63, 3.8) is 0 Å². The second kappa shape index (κ2) is 14.3. The number of rotatable bonds is 12. The predicted molar refractivity (Wildman–Crippen MR) is 149 cm³/mol. The zero-order chi connectivity index (χ0) is 24.5. The Labute approximate surface area is 225 Å². The Morgan fingerprint density at radius 2 is 1.69 bits per heavy atom. The first-order valence-electron chi connectivity index (χ1n) is 12.7. The lowest BCUT2D eigenvalue weighted by atomic mass is 10.2. The van der Waals surface area contributed by atoms with Crippen LogP contribution in [0.2, 0.25) is 5.02 Å². The van der Waals surface area contributed by atoms with Gasteiger partial charge in [-0.3, -0.25) is 9.47 Å². The maximum Gasteiger partial charge on any atom is 0.345 e. The smallest absolute Gasteiger partial charge is 0.345 e. The summed E-state index contributed by atoms with van der Waals surface area (Å²) in [5.74, 6) is 1.76. The van der Waals surface area contributed by atoms with E-state index in [9.17, 15) is 4.79 Å². The van der Waals surface area contributed by atoms with Gasteiger partial charge in [-0.1, -0.05) is 42.8 Å². The van der Waals surface area contributed by atoms with Crippen LogP contribution < -0.4 is 15.3 Å². The molecule has 36 heavy (non-hydrogen) atoms. The molecule has 1 aliphatic heterocycles. The van der Waals surface area contributed by atoms with Crippen LogP contribution >= 0.6 is 24.0 Å². The summed E-state index contributed by atoms with van der Waals surface area (Å²) in [5.41, 5.74) is 1.20. The van der Waals surface area contributed by atoms with Gasteiger partial charge in [-0.2, -0.15) is 5.10 Å². The van der Waals surface area contributed by atoms with Gasteiger partial charge in [0, 0.05) is 62.9 Å². The normalized spacial score (nSPS) is 14.0. The lowest BCUT2D eigenvalue weighted by Crippen LogP contribution is -2.46. The first kappa shape index (κ1) is 28.1. The van der Waals surface area contributed by atoms with Crippen LogP contribution in [0.4, 0.5) is 5.69 Å². The van der Waals surface area contributed by atoms with Crippen molar-refractivity contribution in [1.82, 2.24) is 19.2 Å². The van der Waals surface area contributed by atoms with Gasteiger partial charge in [0.2, 0.25) is 0 Å². The van der Waals surface area contributed by atoms with Crippen molar-refractivity contribution >= 4 is 29.7 Å². The summed E-state index contributed by atoms with van der Waals surface area (Å²) in [5, 5.41) is 5.39. The molecule has 3 aromatic rings. The molecule has 9 heteroatoms. The van der Waals surface area contributed by atoms with Gasteiger partial charge in [0.15, 0.2) is 0 Å². The molecule has 0 N–H and O–H groups in total. The summed E-state index contributed by atoms with van der Waals surface area (Å²) in [6.07, 6.45) is 3.47. The Bertz CT molecular complexity index is 1110. The molecule has 0 radical (unpaired) electrons. The number of unbranched alkanes of at least 4 members (excludes halogenated alkanes) is 1. The lowest BCUT2D eigenvalue weighted by Gasteiger charge is -2.36. The Hall–Kier alpha value is -2.48. The van der Waals surface area contributed by atoms with Gasteiger partial charge >= 0.3 is 5.69 Å². The average Bonchev–Trinajstić information content (AvgIpc) is 3.19. The van der Waals surface area contributed by atoms with Crippen LogP contribution in [0.5, 0.6) is 5.75 Å². The molecule has 196 valence electrons. The van der Waals surface area contributed by atoms with Crippen molar-refractivity contribution in [2.24, 2.45) is 0 Å². The Kier molecular flexibility index (Phi) is 11.2. The summed E-state index contributed by atoms with van der Waals surface area (Å²) in [6.45, 7) is 9.03. The Morgan fingerprint density at radius 3 is 2.42 bits per heavy atom. The predicted octanol–water partition coefficient (Wildman–Crippen LogP) is 4.75. The van der Waals surface area contributed by atoms with E-state index < -0.39 is 0 Å². The third-order valence-electron chi connectivity index (χ3n) is 6.49. The van der Waals surface area contributed by atoms with Gasteiger partial charge in [0.25, 0.3) is 0 Å². The van der Waals surface area contributed by atoms with Crippen molar-refractivity contribution in [2.45, 2.75) is 45.7 Å². The molecule has 0 atom stereocenters. The first-order chi connectivity index (χ1) is 17.1. The van der Waals surface area contributed by atoms with Crippen molar-refractivity contribution in [3.05, 3.63) is 75.9 Å². The monoisotopic (exact) mass is 533 g/mol. The third kappa shape index (κ3) is 7.76. The van der Waals surface area contributed by atoms with E-state index in [1.165, 1.54) is 5.69 Å². The number of aromatic nitrogens is 3. The highest BCUT2D eigenvalue weighted by molar-refractivity contribution is 6.30. The summed E-state index contributed by atoms with van der Waals surface area (Å²) >= 11 is 6.14. The van der Waals surface area contributed by atoms with Crippen molar-refractivity contribution in [3.8, 4) is 5.75 Å². The summed E-state index contributed by atoms with van der Waals surface area (Å²) in [6, 6.07) is 17.9. The molecule has 1 saturated heterocycles. The van der Waals surface area contributed by atoms with Gasteiger partial charge in [0.1, 0.15) is 11.6 Å².